The van der Waals surface area contributed by atoms with Crippen molar-refractivity contribution < 1.29 is 4.79 Å². The first kappa shape index (κ1) is 17.5. The number of carbonyl (C=O) groups excluding carboxylic acids is 1. The van der Waals surface area contributed by atoms with Crippen molar-refractivity contribution in [2.45, 2.75) is 6.04 Å². The van der Waals surface area contributed by atoms with Gasteiger partial charge in [-0.15, -0.1) is 0 Å². The summed E-state index contributed by atoms with van der Waals surface area (Å²) in [6.45, 7) is 4.02. The molecule has 0 saturated heterocycles. The van der Waals surface area contributed by atoms with E-state index >= 15 is 0 Å². The van der Waals surface area contributed by atoms with Crippen LogP contribution in [0.1, 0.15) is 11.6 Å². The molecule has 1 aliphatic rings. The highest BCUT2D eigenvalue weighted by Gasteiger charge is 2.40. The van der Waals surface area contributed by atoms with E-state index in [2.05, 4.69) is 32.3 Å². The standard InChI is InChI=1S/C18H14Cl2N6O/c1-10-15(17(27)25-12-3-2-6-21-8-12)16(26-18(24-10)22-9-23-26)13-5-4-11(19)7-14(13)20/h2-9,15-16H,1H2,(H,25,27)(H,22,23,24). The van der Waals surface area contributed by atoms with Crippen molar-refractivity contribution in [1.82, 2.24) is 19.7 Å². The predicted molar refractivity (Wildman–Crippen MR) is 104 cm³/mol. The van der Waals surface area contributed by atoms with Crippen molar-refractivity contribution in [1.29, 1.82) is 0 Å². The Bertz CT molecular complexity index is 1020. The molecular formula is C18H14Cl2N6O. The fourth-order valence-electron chi connectivity index (χ4n) is 3.11. The van der Waals surface area contributed by atoms with E-state index in [4.69, 9.17) is 23.2 Å². The van der Waals surface area contributed by atoms with E-state index in [-0.39, 0.29) is 5.91 Å². The number of rotatable bonds is 3. The molecule has 0 spiro atoms. The molecule has 4 rings (SSSR count). The van der Waals surface area contributed by atoms with Gasteiger partial charge in [-0.2, -0.15) is 10.1 Å². The number of amides is 1. The van der Waals surface area contributed by atoms with Gasteiger partial charge in [0.05, 0.1) is 17.9 Å². The average Bonchev–Trinajstić information content (AvgIpc) is 3.09. The van der Waals surface area contributed by atoms with E-state index in [1.165, 1.54) is 6.33 Å². The zero-order chi connectivity index (χ0) is 19.0. The van der Waals surface area contributed by atoms with E-state index < -0.39 is 12.0 Å². The highest BCUT2D eigenvalue weighted by molar-refractivity contribution is 6.35. The molecule has 0 radical (unpaired) electrons. The quantitative estimate of drug-likeness (QED) is 0.698. The third kappa shape index (κ3) is 3.27. The second kappa shape index (κ2) is 7.02. The van der Waals surface area contributed by atoms with Crippen molar-refractivity contribution >= 4 is 40.7 Å². The number of aromatic nitrogens is 4. The maximum Gasteiger partial charge on any atom is 0.236 e. The van der Waals surface area contributed by atoms with E-state index in [1.54, 1.807) is 47.4 Å². The maximum absolute atomic E-state index is 13.1. The van der Waals surface area contributed by atoms with Crippen LogP contribution in [0.3, 0.4) is 0 Å². The van der Waals surface area contributed by atoms with E-state index in [0.717, 1.165) is 0 Å². The van der Waals surface area contributed by atoms with Crippen LogP contribution in [0.15, 0.2) is 61.3 Å². The van der Waals surface area contributed by atoms with Gasteiger partial charge in [0, 0.05) is 21.9 Å². The number of benzene rings is 1. The van der Waals surface area contributed by atoms with Crippen LogP contribution >= 0.6 is 23.2 Å². The summed E-state index contributed by atoms with van der Waals surface area (Å²) in [6, 6.07) is 8.11. The zero-order valence-electron chi connectivity index (χ0n) is 13.9. The lowest BCUT2D eigenvalue weighted by atomic mass is 9.88. The Morgan fingerprint density at radius 3 is 2.89 bits per heavy atom. The Morgan fingerprint density at radius 2 is 2.15 bits per heavy atom. The van der Waals surface area contributed by atoms with Crippen LogP contribution in [0.4, 0.5) is 11.6 Å². The van der Waals surface area contributed by atoms with Crippen molar-refractivity contribution in [3.63, 3.8) is 0 Å². The minimum Gasteiger partial charge on any atom is -0.328 e. The molecule has 0 fully saturated rings. The first-order chi connectivity index (χ1) is 13.0. The Hall–Kier alpha value is -2.90. The molecule has 2 atom stereocenters. The molecule has 1 amide bonds. The predicted octanol–water partition coefficient (Wildman–Crippen LogP) is 3.76. The molecule has 0 aliphatic carbocycles. The van der Waals surface area contributed by atoms with Crippen molar-refractivity contribution in [3.05, 3.63) is 76.9 Å². The monoisotopic (exact) mass is 400 g/mol. The lowest BCUT2D eigenvalue weighted by Gasteiger charge is -2.34. The number of hydrogen-bond acceptors (Lipinski definition) is 5. The van der Waals surface area contributed by atoms with Crippen LogP contribution < -0.4 is 10.6 Å². The van der Waals surface area contributed by atoms with Crippen molar-refractivity contribution in [3.8, 4) is 0 Å². The summed E-state index contributed by atoms with van der Waals surface area (Å²) in [5, 5.41) is 11.1. The molecule has 2 N–H and O–H groups in total. The SMILES string of the molecule is C=C1Nc2ncnn2C(c2ccc(Cl)cc2Cl)C1C(=O)Nc1cccnc1. The number of anilines is 2. The second-order valence-electron chi connectivity index (χ2n) is 6.00. The van der Waals surface area contributed by atoms with Gasteiger partial charge in [0.2, 0.25) is 11.9 Å². The maximum atomic E-state index is 13.1. The third-order valence-electron chi connectivity index (χ3n) is 4.29. The summed E-state index contributed by atoms with van der Waals surface area (Å²) in [6.07, 6.45) is 4.62. The average molecular weight is 401 g/mol. The number of nitrogens with zero attached hydrogens (tertiary/aromatic N) is 4. The first-order valence-corrected chi connectivity index (χ1v) is 8.81. The normalized spacial score (nSPS) is 18.5. The minimum atomic E-state index is -0.682. The molecule has 2 unspecified atom stereocenters. The fraction of sp³-hybridized carbons (Fsp3) is 0.111. The van der Waals surface area contributed by atoms with Gasteiger partial charge in [-0.3, -0.25) is 9.78 Å². The summed E-state index contributed by atoms with van der Waals surface area (Å²) >= 11 is 12.5. The lowest BCUT2D eigenvalue weighted by Crippen LogP contribution is -2.39. The zero-order valence-corrected chi connectivity index (χ0v) is 15.4. The van der Waals surface area contributed by atoms with Crippen molar-refractivity contribution in [2.75, 3.05) is 10.6 Å². The summed E-state index contributed by atoms with van der Waals surface area (Å²) in [4.78, 5) is 21.3. The topological polar surface area (TPSA) is 84.7 Å². The van der Waals surface area contributed by atoms with Gasteiger partial charge in [-0.05, 0) is 29.8 Å². The summed E-state index contributed by atoms with van der Waals surface area (Å²) in [5.41, 5.74) is 1.77. The molecule has 7 nitrogen and oxygen atoms in total. The van der Waals surface area contributed by atoms with E-state index in [9.17, 15) is 4.79 Å². The Morgan fingerprint density at radius 1 is 1.30 bits per heavy atom. The highest BCUT2D eigenvalue weighted by Crippen LogP contribution is 2.40. The number of halogens is 2. The number of pyridine rings is 1. The van der Waals surface area contributed by atoms with Crippen molar-refractivity contribution in [2.24, 2.45) is 5.92 Å². The van der Waals surface area contributed by atoms with Gasteiger partial charge in [0.15, 0.2) is 0 Å². The van der Waals surface area contributed by atoms with Gasteiger partial charge in [0.1, 0.15) is 12.2 Å². The molecule has 3 aromatic rings. The summed E-state index contributed by atoms with van der Waals surface area (Å²) in [7, 11) is 0. The molecule has 27 heavy (non-hydrogen) atoms. The Kier molecular flexibility index (Phi) is 4.55. The van der Waals surface area contributed by atoms with Gasteiger partial charge in [-0.1, -0.05) is 35.8 Å². The molecule has 2 aromatic heterocycles. The van der Waals surface area contributed by atoms with Gasteiger partial charge >= 0.3 is 0 Å². The van der Waals surface area contributed by atoms with Crippen LogP contribution in [0.2, 0.25) is 10.0 Å². The minimum absolute atomic E-state index is 0.266. The molecular weight excluding hydrogens is 387 g/mol. The molecule has 1 aliphatic heterocycles. The smallest absolute Gasteiger partial charge is 0.236 e. The molecule has 3 heterocycles. The van der Waals surface area contributed by atoms with Crippen LogP contribution in [-0.2, 0) is 4.79 Å². The highest BCUT2D eigenvalue weighted by atomic mass is 35.5. The van der Waals surface area contributed by atoms with Crippen LogP contribution in [-0.4, -0.2) is 25.7 Å². The van der Waals surface area contributed by atoms with Gasteiger partial charge < -0.3 is 10.6 Å². The Balaban J connectivity index is 1.78. The Labute approximate surface area is 165 Å². The van der Waals surface area contributed by atoms with Crippen LogP contribution in [0.5, 0.6) is 0 Å². The van der Waals surface area contributed by atoms with Gasteiger partial charge in [0.25, 0.3) is 0 Å². The number of carbonyl (C=O) groups is 1. The molecule has 0 saturated carbocycles. The molecule has 9 heteroatoms. The van der Waals surface area contributed by atoms with E-state index in [1.807, 2.05) is 0 Å². The van der Waals surface area contributed by atoms with Crippen LogP contribution in [0.25, 0.3) is 0 Å². The largest absolute Gasteiger partial charge is 0.328 e. The van der Waals surface area contributed by atoms with E-state index in [0.29, 0.717) is 32.9 Å². The second-order valence-corrected chi connectivity index (χ2v) is 6.84. The number of nitrogens with one attached hydrogen (secondary N) is 2. The fourth-order valence-corrected chi connectivity index (χ4v) is 3.63. The summed E-state index contributed by atoms with van der Waals surface area (Å²) in [5.74, 6) is -0.461. The number of hydrogen-bond donors (Lipinski definition) is 2. The molecule has 0 bridgehead atoms. The van der Waals surface area contributed by atoms with Gasteiger partial charge in [-0.25, -0.2) is 4.68 Å². The third-order valence-corrected chi connectivity index (χ3v) is 4.86. The summed E-state index contributed by atoms with van der Waals surface area (Å²) < 4.78 is 1.62. The molecule has 136 valence electrons. The van der Waals surface area contributed by atoms with Crippen LogP contribution in [0, 0.1) is 5.92 Å². The molecule has 1 aromatic carbocycles. The first-order valence-electron chi connectivity index (χ1n) is 8.06. The lowest BCUT2D eigenvalue weighted by molar-refractivity contribution is -0.119. The number of fused-ring (bicyclic) bond motifs is 1.